The average molecular weight is 646 g/mol. The van der Waals surface area contributed by atoms with E-state index in [1.165, 1.54) is 82.9 Å². The van der Waals surface area contributed by atoms with Gasteiger partial charge in [-0.05, 0) is 90.3 Å². The molecule has 8 aromatic carbocycles. The summed E-state index contributed by atoms with van der Waals surface area (Å²) in [6, 6.07) is 69.0. The molecule has 0 saturated heterocycles. The standard InChI is InChI=1S/C50H31N/c1-2-14-32(15-3-1)33-16-12-17-34(30-33)35-18-13-19-36(31-35)49-48-40(39-22-7-11-27-46(39)51-49)28-29-45-47(48)41-23-6-10-26-44(41)50(45)42-24-8-4-20-37(42)38-21-5-9-25-43(38)50/h1-31H. The van der Waals surface area contributed by atoms with Crippen molar-refractivity contribution in [3.8, 4) is 55.8 Å². The van der Waals surface area contributed by atoms with E-state index in [0.29, 0.717) is 0 Å². The summed E-state index contributed by atoms with van der Waals surface area (Å²) in [7, 11) is 0. The van der Waals surface area contributed by atoms with E-state index in [0.717, 1.165) is 16.8 Å². The Balaban J connectivity index is 1.22. The van der Waals surface area contributed by atoms with Gasteiger partial charge in [-0.15, -0.1) is 0 Å². The maximum absolute atomic E-state index is 5.53. The van der Waals surface area contributed by atoms with E-state index >= 15 is 0 Å². The minimum atomic E-state index is -0.407. The van der Waals surface area contributed by atoms with Gasteiger partial charge in [-0.25, -0.2) is 4.98 Å². The van der Waals surface area contributed by atoms with Crippen molar-refractivity contribution in [1.82, 2.24) is 4.98 Å². The molecule has 1 nitrogen and oxygen atoms in total. The second-order valence-corrected chi connectivity index (χ2v) is 13.8. The Morgan fingerprint density at radius 1 is 0.333 bits per heavy atom. The van der Waals surface area contributed by atoms with Crippen molar-refractivity contribution in [3.05, 3.63) is 210 Å². The van der Waals surface area contributed by atoms with Crippen molar-refractivity contribution >= 4 is 21.7 Å². The van der Waals surface area contributed by atoms with Gasteiger partial charge in [-0.3, -0.25) is 0 Å². The number of hydrogen-bond acceptors (Lipinski definition) is 1. The number of para-hydroxylation sites is 1. The van der Waals surface area contributed by atoms with Gasteiger partial charge in [0.25, 0.3) is 0 Å². The van der Waals surface area contributed by atoms with E-state index in [-0.39, 0.29) is 0 Å². The normalized spacial score (nSPS) is 13.3. The minimum absolute atomic E-state index is 0.407. The SMILES string of the molecule is c1ccc(-c2cccc(-c3cccc(-c4nc5ccccc5c5ccc6c(c45)-c4ccccc4C64c5ccccc5-c5ccccc54)c3)c2)cc1. The molecule has 1 aromatic heterocycles. The van der Waals surface area contributed by atoms with E-state index in [1.54, 1.807) is 0 Å². The number of fused-ring (bicyclic) bond motifs is 14. The third kappa shape index (κ3) is 3.89. The van der Waals surface area contributed by atoms with Crippen molar-refractivity contribution in [2.24, 2.45) is 0 Å². The van der Waals surface area contributed by atoms with Crippen LogP contribution in [0.3, 0.4) is 0 Å². The lowest BCUT2D eigenvalue weighted by Crippen LogP contribution is -2.25. The lowest BCUT2D eigenvalue weighted by molar-refractivity contribution is 0.794. The second-order valence-electron chi connectivity index (χ2n) is 13.8. The Morgan fingerprint density at radius 3 is 1.55 bits per heavy atom. The number of benzene rings is 8. The molecule has 9 aromatic rings. The Hall–Kier alpha value is -6.57. The molecule has 0 amide bonds. The van der Waals surface area contributed by atoms with Crippen LogP contribution in [0.1, 0.15) is 22.3 Å². The summed E-state index contributed by atoms with van der Waals surface area (Å²) >= 11 is 0. The number of pyridine rings is 1. The highest BCUT2D eigenvalue weighted by Gasteiger charge is 2.52. The summed E-state index contributed by atoms with van der Waals surface area (Å²) in [5, 5.41) is 3.63. The van der Waals surface area contributed by atoms with Gasteiger partial charge in [0, 0.05) is 16.3 Å². The third-order valence-electron chi connectivity index (χ3n) is 11.3. The van der Waals surface area contributed by atoms with E-state index in [1.807, 2.05) is 0 Å². The van der Waals surface area contributed by atoms with Gasteiger partial charge in [-0.2, -0.15) is 0 Å². The predicted octanol–water partition coefficient (Wildman–Crippen LogP) is 12.7. The molecule has 236 valence electrons. The highest BCUT2D eigenvalue weighted by Crippen LogP contribution is 2.64. The number of rotatable bonds is 3. The van der Waals surface area contributed by atoms with Crippen molar-refractivity contribution < 1.29 is 0 Å². The molecule has 2 aliphatic carbocycles. The fourth-order valence-corrected chi connectivity index (χ4v) is 9.19. The average Bonchev–Trinajstić information content (AvgIpc) is 3.68. The van der Waals surface area contributed by atoms with Crippen LogP contribution >= 0.6 is 0 Å². The zero-order chi connectivity index (χ0) is 33.5. The zero-order valence-electron chi connectivity index (χ0n) is 27.8. The number of hydrogen-bond donors (Lipinski definition) is 0. The van der Waals surface area contributed by atoms with Crippen LogP contribution in [0.2, 0.25) is 0 Å². The first-order valence-electron chi connectivity index (χ1n) is 17.7. The van der Waals surface area contributed by atoms with Crippen LogP contribution in [0, 0.1) is 0 Å². The third-order valence-corrected chi connectivity index (χ3v) is 11.3. The van der Waals surface area contributed by atoms with Crippen molar-refractivity contribution in [1.29, 1.82) is 0 Å². The maximum Gasteiger partial charge on any atom is 0.0794 e. The fourth-order valence-electron chi connectivity index (χ4n) is 9.19. The van der Waals surface area contributed by atoms with Crippen LogP contribution in [-0.4, -0.2) is 4.98 Å². The van der Waals surface area contributed by atoms with Crippen LogP contribution in [-0.2, 0) is 5.41 Å². The Kier molecular flexibility index (Phi) is 5.94. The largest absolute Gasteiger partial charge is 0.247 e. The molecule has 2 aliphatic rings. The van der Waals surface area contributed by atoms with Crippen molar-refractivity contribution in [2.75, 3.05) is 0 Å². The van der Waals surface area contributed by atoms with Gasteiger partial charge in [0.2, 0.25) is 0 Å². The summed E-state index contributed by atoms with van der Waals surface area (Å²) in [5.74, 6) is 0. The fraction of sp³-hybridized carbons (Fsp3) is 0.0200. The first-order valence-corrected chi connectivity index (χ1v) is 17.7. The topological polar surface area (TPSA) is 12.9 Å². The molecule has 1 heterocycles. The van der Waals surface area contributed by atoms with Gasteiger partial charge in [0.1, 0.15) is 0 Å². The Bertz CT molecular complexity index is 2820. The molecular formula is C50H31N. The summed E-state index contributed by atoms with van der Waals surface area (Å²) in [4.78, 5) is 5.53. The number of nitrogens with zero attached hydrogens (tertiary/aromatic N) is 1. The Labute approximate surface area is 297 Å². The molecule has 1 heteroatoms. The lowest BCUT2D eigenvalue weighted by atomic mass is 9.70. The molecule has 1 spiro atoms. The van der Waals surface area contributed by atoms with E-state index in [4.69, 9.17) is 4.98 Å². The Morgan fingerprint density at radius 2 is 0.843 bits per heavy atom. The van der Waals surface area contributed by atoms with E-state index in [9.17, 15) is 0 Å². The van der Waals surface area contributed by atoms with Gasteiger partial charge < -0.3 is 0 Å². The smallest absolute Gasteiger partial charge is 0.0794 e. The van der Waals surface area contributed by atoms with E-state index < -0.39 is 5.41 Å². The maximum atomic E-state index is 5.53. The molecule has 0 atom stereocenters. The molecule has 51 heavy (non-hydrogen) atoms. The predicted molar refractivity (Wildman–Crippen MR) is 212 cm³/mol. The molecule has 0 unspecified atom stereocenters. The van der Waals surface area contributed by atoms with Crippen LogP contribution < -0.4 is 0 Å². The molecule has 0 bridgehead atoms. The van der Waals surface area contributed by atoms with Gasteiger partial charge in [-0.1, -0.05) is 170 Å². The molecule has 0 saturated carbocycles. The van der Waals surface area contributed by atoms with E-state index in [2.05, 4.69) is 188 Å². The molecule has 0 N–H and O–H groups in total. The first-order chi connectivity index (χ1) is 25.3. The van der Waals surface area contributed by atoms with Crippen LogP contribution in [0.15, 0.2) is 188 Å². The molecule has 11 rings (SSSR count). The van der Waals surface area contributed by atoms with Gasteiger partial charge >= 0.3 is 0 Å². The molecule has 0 aliphatic heterocycles. The summed E-state index contributed by atoms with van der Waals surface area (Å²) < 4.78 is 0. The highest BCUT2D eigenvalue weighted by atomic mass is 14.7. The van der Waals surface area contributed by atoms with Crippen LogP contribution in [0.5, 0.6) is 0 Å². The van der Waals surface area contributed by atoms with Crippen molar-refractivity contribution in [3.63, 3.8) is 0 Å². The monoisotopic (exact) mass is 645 g/mol. The quantitative estimate of drug-likeness (QED) is 0.174. The lowest BCUT2D eigenvalue weighted by Gasteiger charge is -2.30. The van der Waals surface area contributed by atoms with Crippen LogP contribution in [0.25, 0.3) is 77.4 Å². The van der Waals surface area contributed by atoms with Crippen molar-refractivity contribution in [2.45, 2.75) is 5.41 Å². The van der Waals surface area contributed by atoms with Crippen LogP contribution in [0.4, 0.5) is 0 Å². The summed E-state index contributed by atoms with van der Waals surface area (Å²) in [6.45, 7) is 0. The second kappa shape index (κ2) is 10.7. The highest BCUT2D eigenvalue weighted by molar-refractivity contribution is 6.19. The van der Waals surface area contributed by atoms with Gasteiger partial charge in [0.15, 0.2) is 0 Å². The van der Waals surface area contributed by atoms with Gasteiger partial charge in [0.05, 0.1) is 16.6 Å². The zero-order valence-corrected chi connectivity index (χ0v) is 27.8. The first kappa shape index (κ1) is 28.3. The molecular weight excluding hydrogens is 615 g/mol. The molecule has 0 radical (unpaired) electrons. The number of aromatic nitrogens is 1. The molecule has 0 fully saturated rings. The summed E-state index contributed by atoms with van der Waals surface area (Å²) in [5.41, 5.74) is 18.1. The minimum Gasteiger partial charge on any atom is -0.247 e. The summed E-state index contributed by atoms with van der Waals surface area (Å²) in [6.07, 6.45) is 0.